The largest absolute Gasteiger partial charge is 0.472 e. The quantitative estimate of drug-likeness (QED) is 0.0240. The Hall–Kier alpha value is -2.07. The number of rotatable bonds is 38. The van der Waals surface area contributed by atoms with E-state index in [0.717, 1.165) is 57.8 Å². The predicted molar refractivity (Wildman–Crippen MR) is 214 cm³/mol. The maximum atomic E-state index is 12.6. The smallest absolute Gasteiger partial charge is 0.462 e. The molecule has 0 aliphatic carbocycles. The Balaban J connectivity index is 4.43. The van der Waals surface area contributed by atoms with E-state index in [4.69, 9.17) is 19.1 Å². The second-order valence-electron chi connectivity index (χ2n) is 13.7. The molecular weight excluding hydrogens is 695 g/mol. The van der Waals surface area contributed by atoms with Crippen LogP contribution < -0.4 is 0 Å². The highest BCUT2D eigenvalue weighted by atomic mass is 31.2. The summed E-state index contributed by atoms with van der Waals surface area (Å²) < 4.78 is 32.6. The maximum absolute atomic E-state index is 12.6. The Labute approximate surface area is 322 Å². The third kappa shape index (κ3) is 38.0. The molecule has 0 rings (SSSR count). The normalized spacial score (nSPS) is 14.4. The van der Waals surface area contributed by atoms with Crippen molar-refractivity contribution in [1.82, 2.24) is 0 Å². The first-order valence-electron chi connectivity index (χ1n) is 20.6. The number of phosphoric ester groups is 1. The van der Waals surface area contributed by atoms with Gasteiger partial charge in [0.1, 0.15) is 12.7 Å². The predicted octanol–water partition coefficient (Wildman–Crippen LogP) is 10.6. The molecule has 11 heteroatoms. The monoisotopic (exact) mass is 771 g/mol. The lowest BCUT2D eigenvalue weighted by Gasteiger charge is -2.20. The van der Waals surface area contributed by atoms with Gasteiger partial charge >= 0.3 is 19.8 Å². The molecule has 0 aliphatic rings. The van der Waals surface area contributed by atoms with E-state index >= 15 is 0 Å². The lowest BCUT2D eigenvalue weighted by atomic mass is 10.1. The zero-order valence-corrected chi connectivity index (χ0v) is 34.1. The lowest BCUT2D eigenvalue weighted by molar-refractivity contribution is -0.161. The van der Waals surface area contributed by atoms with Crippen LogP contribution in [0.15, 0.2) is 48.6 Å². The fourth-order valence-corrected chi connectivity index (χ4v) is 6.02. The van der Waals surface area contributed by atoms with Crippen LogP contribution in [0.5, 0.6) is 0 Å². The van der Waals surface area contributed by atoms with E-state index in [-0.39, 0.29) is 19.4 Å². The van der Waals surface area contributed by atoms with Gasteiger partial charge in [0.25, 0.3) is 0 Å². The molecule has 0 heterocycles. The Kier molecular flexibility index (Phi) is 36.7. The van der Waals surface area contributed by atoms with Crippen LogP contribution >= 0.6 is 7.82 Å². The summed E-state index contributed by atoms with van der Waals surface area (Å²) in [6.45, 7) is 2.27. The van der Waals surface area contributed by atoms with Crippen molar-refractivity contribution in [3.05, 3.63) is 48.6 Å². The van der Waals surface area contributed by atoms with Crippen LogP contribution in [0.3, 0.4) is 0 Å². The molecule has 1 unspecified atom stereocenters. The Bertz CT molecular complexity index is 1030. The van der Waals surface area contributed by atoms with Crippen molar-refractivity contribution in [2.75, 3.05) is 26.4 Å². The van der Waals surface area contributed by atoms with E-state index in [0.29, 0.717) is 12.8 Å². The third-order valence-corrected chi connectivity index (χ3v) is 9.41. The number of aliphatic hydroxyl groups is 2. The van der Waals surface area contributed by atoms with Gasteiger partial charge in [-0.1, -0.05) is 127 Å². The summed E-state index contributed by atoms with van der Waals surface area (Å²) in [5, 5.41) is 18.3. The van der Waals surface area contributed by atoms with Gasteiger partial charge in [0, 0.05) is 12.8 Å². The summed E-state index contributed by atoms with van der Waals surface area (Å²) in [5.74, 6) is -0.990. The molecule has 0 saturated carbocycles. The average molecular weight is 771 g/mol. The zero-order chi connectivity index (χ0) is 39.1. The summed E-state index contributed by atoms with van der Waals surface area (Å²) in [6, 6.07) is 0. The summed E-state index contributed by atoms with van der Waals surface area (Å²) in [5.41, 5.74) is 0. The Morgan fingerprint density at radius 3 is 1.57 bits per heavy atom. The summed E-state index contributed by atoms with van der Waals surface area (Å²) in [4.78, 5) is 34.9. The van der Waals surface area contributed by atoms with Crippen LogP contribution in [0.25, 0.3) is 0 Å². The number of phosphoric acid groups is 1. The molecule has 10 nitrogen and oxygen atoms in total. The van der Waals surface area contributed by atoms with Gasteiger partial charge in [-0.15, -0.1) is 0 Å². The number of ether oxygens (including phenoxy) is 2. The van der Waals surface area contributed by atoms with Crippen molar-refractivity contribution in [3.8, 4) is 0 Å². The van der Waals surface area contributed by atoms with Crippen molar-refractivity contribution in [2.24, 2.45) is 0 Å². The summed E-state index contributed by atoms with van der Waals surface area (Å²) in [7, 11) is -4.63. The second kappa shape index (κ2) is 38.2. The molecule has 0 aliphatic heterocycles. The SMILES string of the molecule is CCCCC/C=C/C/C=C/C/C=C/CCCCC(=O)O[C@H](COC(=O)CCCCC/C=C/CCCCCCCCCC)COP(=O)(O)OC[C@@H](O)CO. The van der Waals surface area contributed by atoms with Gasteiger partial charge in [-0.3, -0.25) is 18.6 Å². The zero-order valence-electron chi connectivity index (χ0n) is 33.2. The first kappa shape index (κ1) is 50.9. The maximum Gasteiger partial charge on any atom is 0.472 e. The van der Waals surface area contributed by atoms with Gasteiger partial charge in [-0.25, -0.2) is 4.57 Å². The Morgan fingerprint density at radius 1 is 0.566 bits per heavy atom. The van der Waals surface area contributed by atoms with Crippen LogP contribution in [0.4, 0.5) is 0 Å². The number of esters is 2. The van der Waals surface area contributed by atoms with Crippen LogP contribution in [-0.2, 0) is 32.7 Å². The fraction of sp³-hybridized carbons (Fsp3) is 0.762. The van der Waals surface area contributed by atoms with Crippen LogP contribution in [0, 0.1) is 0 Å². The minimum absolute atomic E-state index is 0.131. The van der Waals surface area contributed by atoms with Crippen LogP contribution in [0.2, 0.25) is 0 Å². The third-order valence-electron chi connectivity index (χ3n) is 8.46. The lowest BCUT2D eigenvalue weighted by Crippen LogP contribution is -2.29. The van der Waals surface area contributed by atoms with E-state index in [1.807, 2.05) is 0 Å². The molecule has 0 aromatic rings. The van der Waals surface area contributed by atoms with Crippen LogP contribution in [0.1, 0.15) is 168 Å². The van der Waals surface area contributed by atoms with E-state index in [9.17, 15) is 24.2 Å². The number of carbonyl (C=O) groups excluding carboxylic acids is 2. The molecule has 0 fully saturated rings. The topological polar surface area (TPSA) is 149 Å². The first-order valence-corrected chi connectivity index (χ1v) is 22.1. The highest BCUT2D eigenvalue weighted by Gasteiger charge is 2.27. The van der Waals surface area contributed by atoms with Gasteiger partial charge in [0.05, 0.1) is 19.8 Å². The second-order valence-corrected chi connectivity index (χ2v) is 15.1. The Morgan fingerprint density at radius 2 is 0.981 bits per heavy atom. The minimum Gasteiger partial charge on any atom is -0.462 e. The number of aliphatic hydroxyl groups excluding tert-OH is 2. The molecule has 0 spiro atoms. The van der Waals surface area contributed by atoms with Crippen LogP contribution in [-0.4, -0.2) is 65.7 Å². The molecule has 0 radical (unpaired) electrons. The molecule has 3 atom stereocenters. The van der Waals surface area contributed by atoms with Gasteiger partial charge in [-0.05, 0) is 77.0 Å². The van der Waals surface area contributed by atoms with E-state index in [1.54, 1.807) is 0 Å². The molecule has 53 heavy (non-hydrogen) atoms. The fourth-order valence-electron chi connectivity index (χ4n) is 5.23. The number of carbonyl (C=O) groups is 2. The standard InChI is InChI=1S/C42H75O10P/c1-3-5-7-9-11-13-15-17-19-21-23-25-27-29-31-33-41(45)49-37-40(38-51-53(47,48)50-36-39(44)35-43)52-42(46)34-32-30-28-26-24-22-20-18-16-14-12-10-8-6-4-2/h12,14,18,20-21,23-24,26,39-40,43-44H,3-11,13,15-17,19,22,25,27-38H2,1-2H3,(H,47,48)/b14-12+,20-18+,23-21+,26-24+/t39-,40+/m0/s1. The molecule has 0 amide bonds. The highest BCUT2D eigenvalue weighted by molar-refractivity contribution is 7.47. The van der Waals surface area contributed by atoms with Crippen molar-refractivity contribution in [1.29, 1.82) is 0 Å². The van der Waals surface area contributed by atoms with Crippen molar-refractivity contribution in [2.45, 2.75) is 180 Å². The summed E-state index contributed by atoms with van der Waals surface area (Å²) in [6.07, 6.45) is 39.4. The summed E-state index contributed by atoms with van der Waals surface area (Å²) >= 11 is 0. The van der Waals surface area contributed by atoms with E-state index < -0.39 is 51.8 Å². The molecule has 3 N–H and O–H groups in total. The highest BCUT2D eigenvalue weighted by Crippen LogP contribution is 2.43. The van der Waals surface area contributed by atoms with Gasteiger partial charge in [0.15, 0.2) is 6.10 Å². The number of allylic oxidation sites excluding steroid dienone is 8. The van der Waals surface area contributed by atoms with Crippen molar-refractivity contribution in [3.63, 3.8) is 0 Å². The molecular formula is C42H75O10P. The average Bonchev–Trinajstić information content (AvgIpc) is 3.14. The van der Waals surface area contributed by atoms with Crippen molar-refractivity contribution >= 4 is 19.8 Å². The van der Waals surface area contributed by atoms with Gasteiger partial charge < -0.3 is 24.6 Å². The van der Waals surface area contributed by atoms with Crippen molar-refractivity contribution < 1.29 is 47.8 Å². The molecule has 0 saturated heterocycles. The molecule has 0 aromatic heterocycles. The minimum atomic E-state index is -4.63. The number of hydrogen-bond donors (Lipinski definition) is 3. The molecule has 0 aromatic carbocycles. The van der Waals surface area contributed by atoms with Gasteiger partial charge in [0.2, 0.25) is 0 Å². The first-order chi connectivity index (χ1) is 25.7. The molecule has 308 valence electrons. The van der Waals surface area contributed by atoms with E-state index in [1.165, 1.54) is 70.6 Å². The number of hydrogen-bond acceptors (Lipinski definition) is 9. The molecule has 0 bridgehead atoms. The number of unbranched alkanes of at least 4 members (excludes halogenated alkanes) is 16. The van der Waals surface area contributed by atoms with E-state index in [2.05, 4.69) is 67.0 Å². The van der Waals surface area contributed by atoms with Gasteiger partial charge in [-0.2, -0.15) is 0 Å².